The number of amides is 1. The highest BCUT2D eigenvalue weighted by Crippen LogP contribution is 2.36. The normalized spacial score (nSPS) is 19.2. The third-order valence-corrected chi connectivity index (χ3v) is 4.91. The van der Waals surface area contributed by atoms with Crippen molar-refractivity contribution in [2.45, 2.75) is 44.4 Å². The molecule has 2 N–H and O–H groups in total. The highest BCUT2D eigenvalue weighted by Gasteiger charge is 2.35. The zero-order valence-electron chi connectivity index (χ0n) is 14.7. The summed E-state index contributed by atoms with van der Waals surface area (Å²) in [5.74, 6) is 1.65. The van der Waals surface area contributed by atoms with Crippen LogP contribution in [-0.2, 0) is 29.1 Å². The largest absolute Gasteiger partial charge is 0.388 e. The van der Waals surface area contributed by atoms with Gasteiger partial charge < -0.3 is 19.7 Å². The molecule has 1 amide bonds. The molecule has 0 aliphatic heterocycles. The summed E-state index contributed by atoms with van der Waals surface area (Å²) in [4.78, 5) is 12.2. The number of carbonyl (C=O) groups is 1. The van der Waals surface area contributed by atoms with Crippen LogP contribution >= 0.6 is 11.6 Å². The van der Waals surface area contributed by atoms with Crippen LogP contribution in [0, 0.1) is 0 Å². The van der Waals surface area contributed by atoms with Gasteiger partial charge in [-0.05, 0) is 30.5 Å². The zero-order chi connectivity index (χ0) is 18.5. The maximum atomic E-state index is 12.2. The van der Waals surface area contributed by atoms with Gasteiger partial charge in [-0.3, -0.25) is 4.79 Å². The summed E-state index contributed by atoms with van der Waals surface area (Å²) in [5, 5.41) is 21.4. The third kappa shape index (κ3) is 4.41. The summed E-state index contributed by atoms with van der Waals surface area (Å²) in [7, 11) is 1.64. The van der Waals surface area contributed by atoms with Crippen molar-refractivity contribution in [3.8, 4) is 0 Å². The molecule has 0 saturated heterocycles. The van der Waals surface area contributed by atoms with Crippen LogP contribution in [0.15, 0.2) is 24.3 Å². The van der Waals surface area contributed by atoms with E-state index in [9.17, 15) is 9.90 Å². The number of rotatable bonds is 8. The molecule has 140 valence electrons. The molecule has 1 aromatic carbocycles. The van der Waals surface area contributed by atoms with Crippen LogP contribution < -0.4 is 5.32 Å². The van der Waals surface area contributed by atoms with Crippen LogP contribution in [-0.4, -0.2) is 45.5 Å². The lowest BCUT2D eigenvalue weighted by Gasteiger charge is -2.35. The number of carbonyl (C=O) groups excluding carboxylic acids is 1. The van der Waals surface area contributed by atoms with Gasteiger partial charge in [0.1, 0.15) is 12.4 Å². The highest BCUT2D eigenvalue weighted by molar-refractivity contribution is 6.30. The van der Waals surface area contributed by atoms with E-state index in [1.807, 2.05) is 16.7 Å². The van der Waals surface area contributed by atoms with Gasteiger partial charge >= 0.3 is 0 Å². The number of benzene rings is 1. The maximum absolute atomic E-state index is 12.2. The SMILES string of the molecule is COCCn1c(CO)nnc1C1CC(NC(=O)Cc2ccc(Cl)cc2)C1. The molecule has 1 aliphatic rings. The van der Waals surface area contributed by atoms with Gasteiger partial charge in [0.15, 0.2) is 5.82 Å². The maximum Gasteiger partial charge on any atom is 0.224 e. The minimum absolute atomic E-state index is 0.00710. The molecule has 0 bridgehead atoms. The summed E-state index contributed by atoms with van der Waals surface area (Å²) in [6.07, 6.45) is 1.99. The van der Waals surface area contributed by atoms with Crippen molar-refractivity contribution >= 4 is 17.5 Å². The van der Waals surface area contributed by atoms with E-state index in [0.29, 0.717) is 30.4 Å². The molecular formula is C18H23ClN4O3. The number of nitrogens with one attached hydrogen (secondary N) is 1. The van der Waals surface area contributed by atoms with E-state index in [1.54, 1.807) is 19.2 Å². The molecule has 0 radical (unpaired) electrons. The van der Waals surface area contributed by atoms with E-state index < -0.39 is 0 Å². The number of aromatic nitrogens is 3. The van der Waals surface area contributed by atoms with Crippen LogP contribution in [0.1, 0.15) is 36.0 Å². The monoisotopic (exact) mass is 378 g/mol. The Hall–Kier alpha value is -1.96. The number of hydrogen-bond acceptors (Lipinski definition) is 5. The first-order valence-electron chi connectivity index (χ1n) is 8.66. The average Bonchev–Trinajstić information content (AvgIpc) is 3.00. The van der Waals surface area contributed by atoms with Crippen molar-refractivity contribution in [2.75, 3.05) is 13.7 Å². The van der Waals surface area contributed by atoms with Crippen molar-refractivity contribution in [1.82, 2.24) is 20.1 Å². The number of aliphatic hydroxyl groups excluding tert-OH is 1. The molecule has 2 aromatic rings. The summed E-state index contributed by atoms with van der Waals surface area (Å²) < 4.78 is 7.03. The number of aliphatic hydroxyl groups is 1. The fraction of sp³-hybridized carbons (Fsp3) is 0.500. The van der Waals surface area contributed by atoms with E-state index in [0.717, 1.165) is 24.2 Å². The minimum atomic E-state index is -0.148. The van der Waals surface area contributed by atoms with Crippen LogP contribution in [0.5, 0.6) is 0 Å². The van der Waals surface area contributed by atoms with E-state index >= 15 is 0 Å². The van der Waals surface area contributed by atoms with Crippen molar-refractivity contribution in [3.05, 3.63) is 46.5 Å². The molecule has 1 saturated carbocycles. The fourth-order valence-corrected chi connectivity index (χ4v) is 3.33. The number of ether oxygens (including phenoxy) is 1. The van der Waals surface area contributed by atoms with Crippen LogP contribution in [0.2, 0.25) is 5.02 Å². The van der Waals surface area contributed by atoms with Crippen LogP contribution in [0.25, 0.3) is 0 Å². The Morgan fingerprint density at radius 1 is 1.35 bits per heavy atom. The lowest BCUT2D eigenvalue weighted by molar-refractivity contribution is -0.121. The first-order chi connectivity index (χ1) is 12.6. The number of nitrogens with zero attached hydrogens (tertiary/aromatic N) is 3. The zero-order valence-corrected chi connectivity index (χ0v) is 15.4. The third-order valence-electron chi connectivity index (χ3n) is 4.66. The quantitative estimate of drug-likeness (QED) is 0.729. The van der Waals surface area contributed by atoms with Gasteiger partial charge in [-0.15, -0.1) is 10.2 Å². The van der Waals surface area contributed by atoms with E-state index in [1.165, 1.54) is 0 Å². The molecule has 7 nitrogen and oxygen atoms in total. The predicted molar refractivity (Wildman–Crippen MR) is 96.9 cm³/mol. The molecule has 26 heavy (non-hydrogen) atoms. The van der Waals surface area contributed by atoms with Crippen LogP contribution in [0.3, 0.4) is 0 Å². The number of methoxy groups -OCH3 is 1. The lowest BCUT2D eigenvalue weighted by Crippen LogP contribution is -2.44. The summed E-state index contributed by atoms with van der Waals surface area (Å²) in [6, 6.07) is 7.44. The Balaban J connectivity index is 1.51. The highest BCUT2D eigenvalue weighted by atomic mass is 35.5. The smallest absolute Gasteiger partial charge is 0.224 e. The molecule has 3 rings (SSSR count). The second-order valence-electron chi connectivity index (χ2n) is 6.51. The van der Waals surface area contributed by atoms with Gasteiger partial charge in [0.05, 0.1) is 13.0 Å². The van der Waals surface area contributed by atoms with Gasteiger partial charge in [0.2, 0.25) is 5.91 Å². The molecule has 1 fully saturated rings. The van der Waals surface area contributed by atoms with Crippen molar-refractivity contribution in [3.63, 3.8) is 0 Å². The van der Waals surface area contributed by atoms with Crippen LogP contribution in [0.4, 0.5) is 0 Å². The number of hydrogen-bond donors (Lipinski definition) is 2. The molecule has 1 heterocycles. The first kappa shape index (κ1) is 18.8. The fourth-order valence-electron chi connectivity index (χ4n) is 3.21. The first-order valence-corrected chi connectivity index (χ1v) is 9.04. The van der Waals surface area contributed by atoms with Crippen molar-refractivity contribution in [1.29, 1.82) is 0 Å². The second kappa shape index (κ2) is 8.62. The molecular weight excluding hydrogens is 356 g/mol. The standard InChI is InChI=1S/C18H23ClN4O3/c1-26-7-6-23-16(11-24)21-22-18(23)13-9-15(10-13)20-17(25)8-12-2-4-14(19)5-3-12/h2-5,13,15,24H,6-11H2,1H3,(H,20,25). The Labute approximate surface area is 157 Å². The Bertz CT molecular complexity index is 741. The van der Waals surface area contributed by atoms with Gasteiger partial charge in [-0.1, -0.05) is 23.7 Å². The van der Waals surface area contributed by atoms with Crippen molar-refractivity contribution < 1.29 is 14.6 Å². The molecule has 8 heteroatoms. The van der Waals surface area contributed by atoms with Crippen molar-refractivity contribution in [2.24, 2.45) is 0 Å². The van der Waals surface area contributed by atoms with Gasteiger partial charge in [0, 0.05) is 30.6 Å². The number of halogens is 1. The van der Waals surface area contributed by atoms with E-state index in [2.05, 4.69) is 15.5 Å². The summed E-state index contributed by atoms with van der Waals surface area (Å²) in [5.41, 5.74) is 0.940. The molecule has 0 spiro atoms. The molecule has 1 aliphatic carbocycles. The minimum Gasteiger partial charge on any atom is -0.388 e. The Morgan fingerprint density at radius 2 is 2.08 bits per heavy atom. The van der Waals surface area contributed by atoms with E-state index in [-0.39, 0.29) is 24.5 Å². The summed E-state index contributed by atoms with van der Waals surface area (Å²) >= 11 is 5.86. The van der Waals surface area contributed by atoms with Gasteiger partial charge in [-0.25, -0.2) is 0 Å². The topological polar surface area (TPSA) is 89.3 Å². The van der Waals surface area contributed by atoms with E-state index in [4.69, 9.17) is 16.3 Å². The molecule has 1 aromatic heterocycles. The second-order valence-corrected chi connectivity index (χ2v) is 6.95. The van der Waals surface area contributed by atoms with Gasteiger partial charge in [0.25, 0.3) is 0 Å². The lowest BCUT2D eigenvalue weighted by atomic mass is 9.79. The van der Waals surface area contributed by atoms with Gasteiger partial charge in [-0.2, -0.15) is 0 Å². The predicted octanol–water partition coefficient (Wildman–Crippen LogP) is 1.68. The Kier molecular flexibility index (Phi) is 6.24. The Morgan fingerprint density at radius 3 is 2.73 bits per heavy atom. The molecule has 0 unspecified atom stereocenters. The molecule has 0 atom stereocenters. The average molecular weight is 379 g/mol. The summed E-state index contributed by atoms with van der Waals surface area (Å²) in [6.45, 7) is 0.996.